The summed E-state index contributed by atoms with van der Waals surface area (Å²) in [4.78, 5) is 29.7. The third-order valence-electron chi connectivity index (χ3n) is 4.86. The lowest BCUT2D eigenvalue weighted by atomic mass is 10.0. The molecule has 2 amide bonds. The highest BCUT2D eigenvalue weighted by Gasteiger charge is 2.28. The van der Waals surface area contributed by atoms with Crippen LogP contribution >= 0.6 is 15.9 Å². The van der Waals surface area contributed by atoms with Crippen LogP contribution in [0.15, 0.2) is 77.4 Å². The molecule has 2 N–H and O–H groups in total. The van der Waals surface area contributed by atoms with Gasteiger partial charge >= 0.3 is 0 Å². The first-order valence-corrected chi connectivity index (χ1v) is 10.9. The van der Waals surface area contributed by atoms with E-state index in [0.29, 0.717) is 23.6 Å². The van der Waals surface area contributed by atoms with E-state index in [1.54, 1.807) is 12.1 Å². The van der Waals surface area contributed by atoms with Crippen LogP contribution in [-0.4, -0.2) is 28.9 Å². The fourth-order valence-electron chi connectivity index (χ4n) is 3.03. The van der Waals surface area contributed by atoms with E-state index in [4.69, 9.17) is 4.74 Å². The van der Waals surface area contributed by atoms with Crippen molar-refractivity contribution in [2.75, 3.05) is 0 Å². The monoisotopic (exact) mass is 479 g/mol. The first-order chi connectivity index (χ1) is 15.1. The Bertz CT molecular complexity index is 1040. The fraction of sp³-hybridized carbons (Fsp3) is 0.208. The predicted octanol–water partition coefficient (Wildman–Crippen LogP) is 4.26. The summed E-state index contributed by atoms with van der Waals surface area (Å²) in [6.07, 6.45) is 3.84. The number of hydrogen-bond donors (Lipinski definition) is 2. The van der Waals surface area contributed by atoms with Crippen molar-refractivity contribution in [3.05, 3.63) is 88.5 Å². The minimum Gasteiger partial charge on any atom is -0.439 e. The Morgan fingerprint density at radius 2 is 1.77 bits per heavy atom. The molecule has 0 spiro atoms. The van der Waals surface area contributed by atoms with Gasteiger partial charge < -0.3 is 15.4 Å². The second-order valence-corrected chi connectivity index (χ2v) is 8.36. The van der Waals surface area contributed by atoms with Gasteiger partial charge in [0.15, 0.2) is 0 Å². The van der Waals surface area contributed by atoms with E-state index in [1.807, 2.05) is 54.6 Å². The Labute approximate surface area is 189 Å². The second-order valence-electron chi connectivity index (χ2n) is 7.44. The first kappa shape index (κ1) is 21.1. The van der Waals surface area contributed by atoms with Crippen LogP contribution in [0.5, 0.6) is 11.6 Å². The van der Waals surface area contributed by atoms with E-state index in [1.165, 1.54) is 6.20 Å². The maximum absolute atomic E-state index is 12.8. The van der Waals surface area contributed by atoms with Crippen LogP contribution in [0.3, 0.4) is 0 Å². The van der Waals surface area contributed by atoms with Gasteiger partial charge in [-0.05, 0) is 48.7 Å². The molecule has 1 unspecified atom stereocenters. The van der Waals surface area contributed by atoms with E-state index in [0.717, 1.165) is 22.9 Å². The average molecular weight is 480 g/mol. The molecule has 3 aromatic rings. The molecule has 1 aromatic heterocycles. The first-order valence-electron chi connectivity index (χ1n) is 10.1. The van der Waals surface area contributed by atoms with Crippen LogP contribution in [0.2, 0.25) is 0 Å². The Balaban J connectivity index is 1.41. The van der Waals surface area contributed by atoms with Crippen LogP contribution in [-0.2, 0) is 11.2 Å². The molecular formula is C24H22BrN3O3. The highest BCUT2D eigenvalue weighted by molar-refractivity contribution is 9.10. The minimum atomic E-state index is -0.658. The van der Waals surface area contributed by atoms with Crippen LogP contribution in [0, 0.1) is 0 Å². The number of nitrogens with zero attached hydrogens (tertiary/aromatic N) is 1. The zero-order valence-electron chi connectivity index (χ0n) is 16.8. The van der Waals surface area contributed by atoms with Crippen molar-refractivity contribution in [3.8, 4) is 11.6 Å². The molecular weight excluding hydrogens is 458 g/mol. The summed E-state index contributed by atoms with van der Waals surface area (Å²) < 4.78 is 6.64. The van der Waals surface area contributed by atoms with Gasteiger partial charge in [-0.25, -0.2) is 4.98 Å². The normalized spacial score (nSPS) is 13.8. The zero-order chi connectivity index (χ0) is 21.6. The number of nitrogens with one attached hydrogen (secondary N) is 2. The van der Waals surface area contributed by atoms with Gasteiger partial charge in [0.2, 0.25) is 11.8 Å². The number of aromatic nitrogens is 1. The van der Waals surface area contributed by atoms with E-state index < -0.39 is 6.04 Å². The van der Waals surface area contributed by atoms with Crippen molar-refractivity contribution in [2.45, 2.75) is 31.3 Å². The highest BCUT2D eigenvalue weighted by Crippen LogP contribution is 2.22. The number of halogens is 1. The molecule has 31 heavy (non-hydrogen) atoms. The number of amides is 2. The smallest absolute Gasteiger partial charge is 0.253 e. The summed E-state index contributed by atoms with van der Waals surface area (Å²) in [5, 5.41) is 5.83. The summed E-state index contributed by atoms with van der Waals surface area (Å²) in [7, 11) is 0. The summed E-state index contributed by atoms with van der Waals surface area (Å²) in [6.45, 7) is 0. The van der Waals surface area contributed by atoms with Crippen LogP contribution in [0.4, 0.5) is 0 Å². The Kier molecular flexibility index (Phi) is 6.62. The quantitative estimate of drug-likeness (QED) is 0.505. The lowest BCUT2D eigenvalue weighted by molar-refractivity contribution is -0.123. The molecule has 1 fully saturated rings. The lowest BCUT2D eigenvalue weighted by Crippen LogP contribution is -2.48. The molecule has 1 atom stereocenters. The average Bonchev–Trinajstić information content (AvgIpc) is 3.60. The van der Waals surface area contributed by atoms with Crippen molar-refractivity contribution in [1.29, 1.82) is 0 Å². The summed E-state index contributed by atoms with van der Waals surface area (Å²) in [5.74, 6) is 0.510. The van der Waals surface area contributed by atoms with Gasteiger partial charge in [0.05, 0.1) is 5.56 Å². The molecule has 7 heteroatoms. The summed E-state index contributed by atoms with van der Waals surface area (Å²) in [5.41, 5.74) is 1.34. The van der Waals surface area contributed by atoms with E-state index in [-0.39, 0.29) is 17.9 Å². The van der Waals surface area contributed by atoms with Gasteiger partial charge in [0.25, 0.3) is 5.91 Å². The molecule has 0 radical (unpaired) electrons. The maximum atomic E-state index is 12.8. The SMILES string of the molecule is O=C(NC(Cc1ccccc1)C(=O)NC1CC1)c1ccc(Oc2ccc(Br)cc2)nc1. The van der Waals surface area contributed by atoms with Gasteiger partial charge in [-0.2, -0.15) is 0 Å². The molecule has 0 aliphatic heterocycles. The molecule has 0 saturated heterocycles. The van der Waals surface area contributed by atoms with Gasteiger partial charge in [-0.1, -0.05) is 46.3 Å². The van der Waals surface area contributed by atoms with Gasteiger partial charge in [0.1, 0.15) is 11.8 Å². The van der Waals surface area contributed by atoms with Crippen molar-refractivity contribution in [2.24, 2.45) is 0 Å². The van der Waals surface area contributed by atoms with Gasteiger partial charge in [-0.3, -0.25) is 9.59 Å². The van der Waals surface area contributed by atoms with Crippen molar-refractivity contribution >= 4 is 27.7 Å². The minimum absolute atomic E-state index is 0.164. The molecule has 6 nitrogen and oxygen atoms in total. The van der Waals surface area contributed by atoms with Crippen LogP contribution in [0.1, 0.15) is 28.8 Å². The van der Waals surface area contributed by atoms with Crippen molar-refractivity contribution in [3.63, 3.8) is 0 Å². The number of carbonyl (C=O) groups is 2. The Morgan fingerprint density at radius 3 is 2.42 bits per heavy atom. The lowest BCUT2D eigenvalue weighted by Gasteiger charge is -2.18. The highest BCUT2D eigenvalue weighted by atomic mass is 79.9. The molecule has 2 aromatic carbocycles. The van der Waals surface area contributed by atoms with Crippen LogP contribution < -0.4 is 15.4 Å². The molecule has 1 aliphatic rings. The maximum Gasteiger partial charge on any atom is 0.253 e. The zero-order valence-corrected chi connectivity index (χ0v) is 18.3. The van der Waals surface area contributed by atoms with Gasteiger partial charge in [0, 0.05) is 29.2 Å². The van der Waals surface area contributed by atoms with Crippen molar-refractivity contribution in [1.82, 2.24) is 15.6 Å². The van der Waals surface area contributed by atoms with E-state index >= 15 is 0 Å². The summed E-state index contributed by atoms with van der Waals surface area (Å²) >= 11 is 3.38. The Hall–Kier alpha value is -3.19. The summed E-state index contributed by atoms with van der Waals surface area (Å²) in [6, 6.07) is 19.9. The number of pyridine rings is 1. The number of carbonyl (C=O) groups excluding carboxylic acids is 2. The van der Waals surface area contributed by atoms with Crippen LogP contribution in [0.25, 0.3) is 0 Å². The third kappa shape index (κ3) is 6.15. The molecule has 1 heterocycles. The second kappa shape index (κ2) is 9.75. The standard InChI is InChI=1S/C24H22BrN3O3/c25-18-7-11-20(12-8-18)31-22-13-6-17(15-26-22)23(29)28-21(24(30)27-19-9-10-19)14-16-4-2-1-3-5-16/h1-8,11-13,15,19,21H,9-10,14H2,(H,27,30)(H,28,29). The number of benzene rings is 2. The number of rotatable bonds is 8. The van der Waals surface area contributed by atoms with Crippen molar-refractivity contribution < 1.29 is 14.3 Å². The Morgan fingerprint density at radius 1 is 1.03 bits per heavy atom. The molecule has 4 rings (SSSR count). The molecule has 158 valence electrons. The third-order valence-corrected chi connectivity index (χ3v) is 5.39. The van der Waals surface area contributed by atoms with E-state index in [2.05, 4.69) is 31.5 Å². The fourth-order valence-corrected chi connectivity index (χ4v) is 3.29. The predicted molar refractivity (Wildman–Crippen MR) is 121 cm³/mol. The molecule has 1 aliphatic carbocycles. The van der Waals surface area contributed by atoms with Gasteiger partial charge in [-0.15, -0.1) is 0 Å². The largest absolute Gasteiger partial charge is 0.439 e. The molecule has 1 saturated carbocycles. The number of hydrogen-bond acceptors (Lipinski definition) is 4. The number of ether oxygens (including phenoxy) is 1. The molecule has 0 bridgehead atoms. The van der Waals surface area contributed by atoms with E-state index in [9.17, 15) is 9.59 Å². The topological polar surface area (TPSA) is 80.3 Å².